The summed E-state index contributed by atoms with van der Waals surface area (Å²) < 4.78 is 7.24. The molecule has 0 aliphatic heterocycles. The first-order valence-electron chi connectivity index (χ1n) is 10.5. The Labute approximate surface area is 193 Å². The minimum atomic E-state index is -0.264. The van der Waals surface area contributed by atoms with Crippen LogP contribution in [0, 0.1) is 20.8 Å². The average molecular weight is 459 g/mol. The van der Waals surface area contributed by atoms with Gasteiger partial charge in [-0.15, -0.1) is 11.3 Å². The molecule has 2 aromatic carbocycles. The molecule has 166 valence electrons. The van der Waals surface area contributed by atoms with Gasteiger partial charge in [0.25, 0.3) is 5.56 Å². The highest BCUT2D eigenvalue weighted by Gasteiger charge is 2.22. The maximum Gasteiger partial charge on any atom is 0.297 e. The van der Waals surface area contributed by atoms with Crippen molar-refractivity contribution in [3.8, 4) is 0 Å². The molecular formula is C25H22N4O3S. The van der Waals surface area contributed by atoms with Crippen molar-refractivity contribution in [2.24, 2.45) is 0 Å². The van der Waals surface area contributed by atoms with Crippen molar-refractivity contribution in [3.05, 3.63) is 80.8 Å². The summed E-state index contributed by atoms with van der Waals surface area (Å²) >= 11 is 1.37. The Balaban J connectivity index is 1.51. The van der Waals surface area contributed by atoms with Gasteiger partial charge in [0.05, 0.1) is 24.3 Å². The second-order valence-electron chi connectivity index (χ2n) is 8.18. The molecule has 0 aliphatic carbocycles. The van der Waals surface area contributed by atoms with Crippen molar-refractivity contribution in [1.29, 1.82) is 0 Å². The van der Waals surface area contributed by atoms with Crippen molar-refractivity contribution in [2.75, 3.05) is 4.90 Å². The number of hydrogen-bond acceptors (Lipinski definition) is 6. The number of fused-ring (bicyclic) bond motifs is 3. The Hall–Kier alpha value is -3.78. The van der Waals surface area contributed by atoms with Gasteiger partial charge in [-0.25, -0.2) is 9.97 Å². The van der Waals surface area contributed by atoms with Gasteiger partial charge >= 0.3 is 0 Å². The molecule has 3 heterocycles. The first kappa shape index (κ1) is 21.1. The summed E-state index contributed by atoms with van der Waals surface area (Å²) in [6, 6.07) is 11.6. The van der Waals surface area contributed by atoms with E-state index in [2.05, 4.69) is 22.1 Å². The van der Waals surface area contributed by atoms with Crippen LogP contribution in [0.4, 0.5) is 10.8 Å². The monoisotopic (exact) mass is 458 g/mol. The molecule has 5 aromatic rings. The zero-order chi connectivity index (χ0) is 23.3. The molecular weight excluding hydrogens is 436 g/mol. The molecule has 0 radical (unpaired) electrons. The van der Waals surface area contributed by atoms with Crippen LogP contribution in [0.15, 0.2) is 57.3 Å². The zero-order valence-electron chi connectivity index (χ0n) is 18.7. The summed E-state index contributed by atoms with van der Waals surface area (Å²) in [6.45, 7) is 7.78. The third-order valence-electron chi connectivity index (χ3n) is 5.59. The second-order valence-corrected chi connectivity index (χ2v) is 9.01. The van der Waals surface area contributed by atoms with Gasteiger partial charge in [-0.05, 0) is 44.0 Å². The summed E-state index contributed by atoms with van der Waals surface area (Å²) in [5, 5.41) is 3.24. The predicted molar refractivity (Wildman–Crippen MR) is 130 cm³/mol. The van der Waals surface area contributed by atoms with Crippen LogP contribution in [0.1, 0.15) is 29.3 Å². The fourth-order valence-corrected chi connectivity index (χ4v) is 5.15. The van der Waals surface area contributed by atoms with Crippen LogP contribution < -0.4 is 10.5 Å². The zero-order valence-corrected chi connectivity index (χ0v) is 19.6. The lowest BCUT2D eigenvalue weighted by Gasteiger charge is -2.23. The highest BCUT2D eigenvalue weighted by atomic mass is 32.1. The van der Waals surface area contributed by atoms with Crippen LogP contribution >= 0.6 is 11.3 Å². The number of amides is 1. The Morgan fingerprint density at radius 2 is 1.88 bits per heavy atom. The Morgan fingerprint density at radius 3 is 2.61 bits per heavy atom. The highest BCUT2D eigenvalue weighted by molar-refractivity contribution is 7.14. The number of para-hydroxylation sites is 1. The number of carbonyl (C=O) groups is 1. The molecule has 8 heteroatoms. The maximum atomic E-state index is 13.0. The minimum absolute atomic E-state index is 0.117. The minimum Gasteiger partial charge on any atom is -0.448 e. The van der Waals surface area contributed by atoms with E-state index in [1.807, 2.05) is 50.4 Å². The number of anilines is 2. The van der Waals surface area contributed by atoms with Crippen LogP contribution in [0.2, 0.25) is 0 Å². The first-order chi connectivity index (χ1) is 15.8. The third-order valence-corrected chi connectivity index (χ3v) is 6.46. The lowest BCUT2D eigenvalue weighted by atomic mass is 10.0. The van der Waals surface area contributed by atoms with E-state index in [-0.39, 0.29) is 23.6 Å². The molecule has 5 rings (SSSR count). The SMILES string of the molecule is CC(=O)N(c1nc(Cn2cnc3c(oc4ccccc43)c2=O)cs1)c1c(C)cc(C)cc1C. The van der Waals surface area contributed by atoms with Gasteiger partial charge in [0.15, 0.2) is 5.13 Å². The van der Waals surface area contributed by atoms with Crippen LogP contribution in [-0.4, -0.2) is 20.4 Å². The normalized spacial score (nSPS) is 11.4. The lowest BCUT2D eigenvalue weighted by molar-refractivity contribution is -0.115. The third kappa shape index (κ3) is 3.62. The Bertz CT molecular complexity index is 1570. The van der Waals surface area contributed by atoms with Crippen LogP contribution in [0.5, 0.6) is 0 Å². The van der Waals surface area contributed by atoms with Crippen LogP contribution in [0.25, 0.3) is 22.1 Å². The molecule has 0 aliphatic rings. The number of furan rings is 1. The molecule has 3 aromatic heterocycles. The topological polar surface area (TPSA) is 81.2 Å². The second kappa shape index (κ2) is 7.97. The standard InChI is InChI=1S/C25H22N4O3S/c1-14-9-15(2)22(16(3)10-14)29(17(4)30)25-27-18(12-33-25)11-28-13-26-21-19-7-5-6-8-20(19)32-23(21)24(28)31/h5-10,12-13H,11H2,1-4H3. The van der Waals surface area contributed by atoms with Gasteiger partial charge < -0.3 is 4.42 Å². The molecule has 0 saturated carbocycles. The largest absolute Gasteiger partial charge is 0.448 e. The van der Waals surface area contributed by atoms with E-state index in [9.17, 15) is 9.59 Å². The Morgan fingerprint density at radius 1 is 1.15 bits per heavy atom. The molecule has 7 nitrogen and oxygen atoms in total. The summed E-state index contributed by atoms with van der Waals surface area (Å²) in [4.78, 5) is 36.4. The average Bonchev–Trinajstić information content (AvgIpc) is 3.37. The lowest BCUT2D eigenvalue weighted by Crippen LogP contribution is -2.25. The van der Waals surface area contributed by atoms with E-state index in [0.717, 1.165) is 27.8 Å². The molecule has 0 N–H and O–H groups in total. The van der Waals surface area contributed by atoms with E-state index in [4.69, 9.17) is 4.42 Å². The van der Waals surface area contributed by atoms with E-state index in [0.29, 0.717) is 21.9 Å². The van der Waals surface area contributed by atoms with Crippen molar-refractivity contribution in [1.82, 2.24) is 14.5 Å². The van der Waals surface area contributed by atoms with Gasteiger partial charge in [0.2, 0.25) is 11.5 Å². The molecule has 0 atom stereocenters. The fourth-order valence-electron chi connectivity index (χ4n) is 4.29. The van der Waals surface area contributed by atoms with Crippen molar-refractivity contribution >= 4 is 50.1 Å². The van der Waals surface area contributed by atoms with E-state index >= 15 is 0 Å². The van der Waals surface area contributed by atoms with Gasteiger partial charge in [-0.1, -0.05) is 29.8 Å². The van der Waals surface area contributed by atoms with Crippen LogP contribution in [-0.2, 0) is 11.3 Å². The molecule has 0 unspecified atom stereocenters. The number of rotatable bonds is 4. The summed E-state index contributed by atoms with van der Waals surface area (Å²) in [5.74, 6) is -0.117. The number of benzene rings is 2. The summed E-state index contributed by atoms with van der Waals surface area (Å²) in [6.07, 6.45) is 1.52. The number of hydrogen-bond donors (Lipinski definition) is 0. The van der Waals surface area contributed by atoms with E-state index < -0.39 is 0 Å². The highest BCUT2D eigenvalue weighted by Crippen LogP contribution is 2.34. The first-order valence-corrected chi connectivity index (χ1v) is 11.4. The summed E-state index contributed by atoms with van der Waals surface area (Å²) in [7, 11) is 0. The molecule has 0 bridgehead atoms. The number of nitrogens with zero attached hydrogens (tertiary/aromatic N) is 4. The number of thiazole rings is 1. The van der Waals surface area contributed by atoms with E-state index in [1.54, 1.807) is 4.90 Å². The Kier molecular flexibility index (Phi) is 5.09. The smallest absolute Gasteiger partial charge is 0.297 e. The molecule has 0 saturated heterocycles. The van der Waals surface area contributed by atoms with Gasteiger partial charge in [-0.2, -0.15) is 0 Å². The van der Waals surface area contributed by atoms with Crippen molar-refractivity contribution in [3.63, 3.8) is 0 Å². The molecule has 0 spiro atoms. The molecule has 33 heavy (non-hydrogen) atoms. The molecule has 0 fully saturated rings. The number of carbonyl (C=O) groups excluding carboxylic acids is 1. The predicted octanol–water partition coefficient (Wildman–Crippen LogP) is 5.26. The number of aryl methyl sites for hydroxylation is 3. The maximum absolute atomic E-state index is 13.0. The van der Waals surface area contributed by atoms with Gasteiger partial charge in [0.1, 0.15) is 11.1 Å². The van der Waals surface area contributed by atoms with Gasteiger partial charge in [-0.3, -0.25) is 19.1 Å². The number of aromatic nitrogens is 3. The van der Waals surface area contributed by atoms with Crippen molar-refractivity contribution in [2.45, 2.75) is 34.2 Å². The van der Waals surface area contributed by atoms with Crippen molar-refractivity contribution < 1.29 is 9.21 Å². The summed E-state index contributed by atoms with van der Waals surface area (Å²) in [5.41, 5.74) is 5.82. The van der Waals surface area contributed by atoms with Gasteiger partial charge in [0, 0.05) is 17.7 Å². The quantitative estimate of drug-likeness (QED) is 0.367. The van der Waals surface area contributed by atoms with Crippen LogP contribution in [0.3, 0.4) is 0 Å². The molecule has 1 amide bonds. The van der Waals surface area contributed by atoms with E-state index in [1.165, 1.54) is 29.2 Å². The fraction of sp³-hybridized carbons (Fsp3) is 0.200.